The third kappa shape index (κ3) is 2.26. The molecule has 2 rings (SSSR count). The van der Waals surface area contributed by atoms with Crippen LogP contribution in [-0.4, -0.2) is 24.5 Å². The number of hydrogen-bond acceptors (Lipinski definition) is 4. The SMILES string of the molecule is CCC(C)(N)C(=O)c1ccc2c(c1)OCCO2. The average molecular weight is 235 g/mol. The Morgan fingerprint density at radius 2 is 2.00 bits per heavy atom. The summed E-state index contributed by atoms with van der Waals surface area (Å²) in [4.78, 5) is 12.2. The summed E-state index contributed by atoms with van der Waals surface area (Å²) < 4.78 is 10.8. The first-order chi connectivity index (χ1) is 8.04. The van der Waals surface area contributed by atoms with Crippen molar-refractivity contribution in [1.29, 1.82) is 0 Å². The molecule has 0 saturated carbocycles. The number of rotatable bonds is 3. The summed E-state index contributed by atoms with van der Waals surface area (Å²) in [5, 5.41) is 0. The van der Waals surface area contributed by atoms with Gasteiger partial charge in [-0.3, -0.25) is 4.79 Å². The van der Waals surface area contributed by atoms with Crippen molar-refractivity contribution in [2.75, 3.05) is 13.2 Å². The van der Waals surface area contributed by atoms with Crippen LogP contribution in [0.25, 0.3) is 0 Å². The molecule has 0 fully saturated rings. The van der Waals surface area contributed by atoms with Gasteiger partial charge >= 0.3 is 0 Å². The second-order valence-corrected chi connectivity index (χ2v) is 4.46. The van der Waals surface area contributed by atoms with E-state index in [-0.39, 0.29) is 5.78 Å². The van der Waals surface area contributed by atoms with Crippen LogP contribution in [-0.2, 0) is 0 Å². The highest BCUT2D eigenvalue weighted by Crippen LogP contribution is 2.31. The second kappa shape index (κ2) is 4.37. The molecule has 0 amide bonds. The normalized spacial score (nSPS) is 17.4. The van der Waals surface area contributed by atoms with Crippen molar-refractivity contribution in [1.82, 2.24) is 0 Å². The maximum absolute atomic E-state index is 12.2. The maximum Gasteiger partial charge on any atom is 0.182 e. The number of hydrogen-bond donors (Lipinski definition) is 1. The number of Topliss-reactive ketones (excluding diaryl/α,β-unsaturated/α-hetero) is 1. The topological polar surface area (TPSA) is 61.6 Å². The van der Waals surface area contributed by atoms with E-state index in [2.05, 4.69) is 0 Å². The molecule has 1 aromatic rings. The van der Waals surface area contributed by atoms with E-state index in [1.165, 1.54) is 0 Å². The van der Waals surface area contributed by atoms with Crippen LogP contribution in [0.2, 0.25) is 0 Å². The molecule has 1 aromatic carbocycles. The van der Waals surface area contributed by atoms with Gasteiger partial charge in [0, 0.05) is 5.56 Å². The van der Waals surface area contributed by atoms with Crippen molar-refractivity contribution in [3.8, 4) is 11.5 Å². The minimum atomic E-state index is -0.830. The zero-order valence-electron chi connectivity index (χ0n) is 10.2. The van der Waals surface area contributed by atoms with E-state index in [0.29, 0.717) is 36.7 Å². The molecule has 1 unspecified atom stereocenters. The quantitative estimate of drug-likeness (QED) is 0.811. The Balaban J connectivity index is 2.31. The molecule has 92 valence electrons. The largest absolute Gasteiger partial charge is 0.486 e. The number of ketones is 1. The fourth-order valence-electron chi connectivity index (χ4n) is 1.67. The lowest BCUT2D eigenvalue weighted by Crippen LogP contribution is -2.44. The van der Waals surface area contributed by atoms with E-state index in [1.807, 2.05) is 6.92 Å². The van der Waals surface area contributed by atoms with E-state index < -0.39 is 5.54 Å². The summed E-state index contributed by atoms with van der Waals surface area (Å²) in [6, 6.07) is 5.20. The smallest absolute Gasteiger partial charge is 0.182 e. The standard InChI is InChI=1S/C13H17NO3/c1-3-13(2,14)12(15)9-4-5-10-11(8-9)17-7-6-16-10/h4-5,8H,3,6-7,14H2,1-2H3. The maximum atomic E-state index is 12.2. The number of nitrogens with two attached hydrogens (primary N) is 1. The zero-order valence-corrected chi connectivity index (χ0v) is 10.2. The molecular weight excluding hydrogens is 218 g/mol. The van der Waals surface area contributed by atoms with Crippen LogP contribution in [0.1, 0.15) is 30.6 Å². The molecule has 0 aromatic heterocycles. The highest BCUT2D eigenvalue weighted by molar-refractivity contribution is 6.03. The fourth-order valence-corrected chi connectivity index (χ4v) is 1.67. The fraction of sp³-hybridized carbons (Fsp3) is 0.462. The van der Waals surface area contributed by atoms with Gasteiger partial charge in [-0.15, -0.1) is 0 Å². The molecule has 0 saturated heterocycles. The van der Waals surface area contributed by atoms with Gasteiger partial charge in [0.05, 0.1) is 5.54 Å². The number of carbonyl (C=O) groups excluding carboxylic acids is 1. The Morgan fingerprint density at radius 1 is 1.35 bits per heavy atom. The first-order valence-electron chi connectivity index (χ1n) is 5.78. The minimum Gasteiger partial charge on any atom is -0.486 e. The van der Waals surface area contributed by atoms with Gasteiger partial charge in [0.25, 0.3) is 0 Å². The lowest BCUT2D eigenvalue weighted by atomic mass is 9.90. The molecule has 1 aliphatic heterocycles. The van der Waals surface area contributed by atoms with Gasteiger partial charge in [0.1, 0.15) is 13.2 Å². The summed E-state index contributed by atoms with van der Waals surface area (Å²) in [6.07, 6.45) is 0.597. The monoisotopic (exact) mass is 235 g/mol. The highest BCUT2D eigenvalue weighted by atomic mass is 16.6. The van der Waals surface area contributed by atoms with Gasteiger partial charge in [-0.05, 0) is 31.5 Å². The van der Waals surface area contributed by atoms with Gasteiger partial charge in [0.15, 0.2) is 17.3 Å². The summed E-state index contributed by atoms with van der Waals surface area (Å²) in [7, 11) is 0. The third-order valence-electron chi connectivity index (χ3n) is 3.06. The van der Waals surface area contributed by atoms with Crippen molar-refractivity contribution in [2.45, 2.75) is 25.8 Å². The Labute approximate surface area is 101 Å². The van der Waals surface area contributed by atoms with Crippen LogP contribution in [0.4, 0.5) is 0 Å². The van der Waals surface area contributed by atoms with E-state index in [1.54, 1.807) is 25.1 Å². The number of benzene rings is 1. The minimum absolute atomic E-state index is 0.0722. The molecule has 4 nitrogen and oxygen atoms in total. The van der Waals surface area contributed by atoms with Crippen LogP contribution in [0, 0.1) is 0 Å². The molecule has 0 bridgehead atoms. The molecule has 4 heteroatoms. The average Bonchev–Trinajstić information content (AvgIpc) is 2.37. The molecule has 1 heterocycles. The highest BCUT2D eigenvalue weighted by Gasteiger charge is 2.28. The van der Waals surface area contributed by atoms with E-state index >= 15 is 0 Å². The van der Waals surface area contributed by atoms with Crippen molar-refractivity contribution >= 4 is 5.78 Å². The van der Waals surface area contributed by atoms with Crippen molar-refractivity contribution in [3.63, 3.8) is 0 Å². The Bertz CT molecular complexity index is 440. The molecular formula is C13H17NO3. The first kappa shape index (κ1) is 11.9. The number of carbonyl (C=O) groups is 1. The number of fused-ring (bicyclic) bond motifs is 1. The Morgan fingerprint density at radius 3 is 2.65 bits per heavy atom. The summed E-state index contributed by atoms with van der Waals surface area (Å²) in [5.74, 6) is 1.23. The van der Waals surface area contributed by atoms with Gasteiger partial charge < -0.3 is 15.2 Å². The van der Waals surface area contributed by atoms with Gasteiger partial charge in [-0.2, -0.15) is 0 Å². The molecule has 0 radical (unpaired) electrons. The first-order valence-corrected chi connectivity index (χ1v) is 5.78. The summed E-state index contributed by atoms with van der Waals surface area (Å²) >= 11 is 0. The Kier molecular flexibility index (Phi) is 3.07. The van der Waals surface area contributed by atoms with Gasteiger partial charge in [-0.25, -0.2) is 0 Å². The molecule has 17 heavy (non-hydrogen) atoms. The summed E-state index contributed by atoms with van der Waals surface area (Å²) in [5.41, 5.74) is 5.69. The van der Waals surface area contributed by atoms with Crippen LogP contribution in [0.5, 0.6) is 11.5 Å². The van der Waals surface area contributed by atoms with Crippen LogP contribution >= 0.6 is 0 Å². The molecule has 1 aliphatic rings. The van der Waals surface area contributed by atoms with Gasteiger partial charge in [0.2, 0.25) is 0 Å². The van der Waals surface area contributed by atoms with Gasteiger partial charge in [-0.1, -0.05) is 6.92 Å². The van der Waals surface area contributed by atoms with Crippen molar-refractivity contribution in [3.05, 3.63) is 23.8 Å². The summed E-state index contributed by atoms with van der Waals surface area (Å²) in [6.45, 7) is 4.70. The molecule has 0 spiro atoms. The van der Waals surface area contributed by atoms with E-state index in [9.17, 15) is 4.79 Å². The predicted molar refractivity (Wildman–Crippen MR) is 64.6 cm³/mol. The predicted octanol–water partition coefficient (Wildman–Crippen LogP) is 1.77. The lowest BCUT2D eigenvalue weighted by Gasteiger charge is -2.23. The zero-order chi connectivity index (χ0) is 12.5. The lowest BCUT2D eigenvalue weighted by molar-refractivity contribution is 0.0896. The van der Waals surface area contributed by atoms with Crippen molar-refractivity contribution < 1.29 is 14.3 Å². The third-order valence-corrected chi connectivity index (χ3v) is 3.06. The van der Waals surface area contributed by atoms with Crippen molar-refractivity contribution in [2.24, 2.45) is 5.73 Å². The molecule has 2 N–H and O–H groups in total. The van der Waals surface area contributed by atoms with E-state index in [0.717, 1.165) is 0 Å². The molecule has 1 atom stereocenters. The molecule has 0 aliphatic carbocycles. The number of ether oxygens (including phenoxy) is 2. The second-order valence-electron chi connectivity index (χ2n) is 4.46. The van der Waals surface area contributed by atoms with E-state index in [4.69, 9.17) is 15.2 Å². The van der Waals surface area contributed by atoms with Crippen LogP contribution < -0.4 is 15.2 Å². The Hall–Kier alpha value is -1.55. The van der Waals surface area contributed by atoms with Crippen LogP contribution in [0.15, 0.2) is 18.2 Å². The van der Waals surface area contributed by atoms with Crippen LogP contribution in [0.3, 0.4) is 0 Å².